The SMILES string of the molecule is CCOC(=O)C1(Nc2ccccc2OC)CC1. The van der Waals surface area contributed by atoms with E-state index in [0.717, 1.165) is 24.3 Å². The number of carbonyl (C=O) groups is 1. The smallest absolute Gasteiger partial charge is 0.331 e. The summed E-state index contributed by atoms with van der Waals surface area (Å²) in [5.74, 6) is 0.564. The Hall–Kier alpha value is -1.71. The molecule has 92 valence electrons. The van der Waals surface area contributed by atoms with Gasteiger partial charge in [-0.2, -0.15) is 0 Å². The fourth-order valence-corrected chi connectivity index (χ4v) is 1.78. The highest BCUT2D eigenvalue weighted by Gasteiger charge is 2.51. The van der Waals surface area contributed by atoms with E-state index in [1.807, 2.05) is 31.2 Å². The lowest BCUT2D eigenvalue weighted by Gasteiger charge is -2.18. The molecule has 1 saturated carbocycles. The predicted octanol–water partition coefficient (Wildman–Crippen LogP) is 2.20. The van der Waals surface area contributed by atoms with Gasteiger partial charge in [0.2, 0.25) is 0 Å². The number of hydrogen-bond acceptors (Lipinski definition) is 4. The third-order valence-electron chi connectivity index (χ3n) is 2.90. The van der Waals surface area contributed by atoms with Crippen molar-refractivity contribution in [3.63, 3.8) is 0 Å². The van der Waals surface area contributed by atoms with Crippen molar-refractivity contribution in [1.82, 2.24) is 0 Å². The molecule has 1 aliphatic carbocycles. The summed E-state index contributed by atoms with van der Waals surface area (Å²) in [6.07, 6.45) is 1.62. The fraction of sp³-hybridized carbons (Fsp3) is 0.462. The van der Waals surface area contributed by atoms with Crippen LogP contribution in [-0.4, -0.2) is 25.2 Å². The molecule has 1 aromatic rings. The number of anilines is 1. The number of ether oxygens (including phenoxy) is 2. The maximum absolute atomic E-state index is 11.8. The van der Waals surface area contributed by atoms with E-state index < -0.39 is 5.54 Å². The summed E-state index contributed by atoms with van der Waals surface area (Å²) in [7, 11) is 1.62. The number of carbonyl (C=O) groups excluding carboxylic acids is 1. The largest absolute Gasteiger partial charge is 0.495 e. The molecule has 0 radical (unpaired) electrons. The quantitative estimate of drug-likeness (QED) is 0.795. The van der Waals surface area contributed by atoms with Crippen molar-refractivity contribution < 1.29 is 14.3 Å². The van der Waals surface area contributed by atoms with Gasteiger partial charge in [0, 0.05) is 0 Å². The molecule has 0 heterocycles. The van der Waals surface area contributed by atoms with Gasteiger partial charge in [-0.3, -0.25) is 0 Å². The summed E-state index contributed by atoms with van der Waals surface area (Å²) >= 11 is 0. The zero-order chi connectivity index (χ0) is 12.3. The summed E-state index contributed by atoms with van der Waals surface area (Å²) in [6.45, 7) is 2.23. The van der Waals surface area contributed by atoms with Crippen molar-refractivity contribution in [2.75, 3.05) is 19.0 Å². The number of para-hydroxylation sites is 2. The lowest BCUT2D eigenvalue weighted by Crippen LogP contribution is -2.33. The van der Waals surface area contributed by atoms with Crippen molar-refractivity contribution in [1.29, 1.82) is 0 Å². The highest BCUT2D eigenvalue weighted by molar-refractivity contribution is 5.88. The van der Waals surface area contributed by atoms with Crippen LogP contribution in [0.25, 0.3) is 0 Å². The normalized spacial score (nSPS) is 16.1. The van der Waals surface area contributed by atoms with Crippen molar-refractivity contribution in [2.45, 2.75) is 25.3 Å². The highest BCUT2D eigenvalue weighted by atomic mass is 16.5. The van der Waals surface area contributed by atoms with E-state index in [1.165, 1.54) is 0 Å². The summed E-state index contributed by atoms with van der Waals surface area (Å²) < 4.78 is 10.3. The first-order valence-corrected chi connectivity index (χ1v) is 5.80. The van der Waals surface area contributed by atoms with Gasteiger partial charge in [0.15, 0.2) is 0 Å². The maximum atomic E-state index is 11.8. The Morgan fingerprint density at radius 2 is 2.12 bits per heavy atom. The van der Waals surface area contributed by atoms with Gasteiger partial charge in [-0.15, -0.1) is 0 Å². The molecule has 4 nitrogen and oxygen atoms in total. The van der Waals surface area contributed by atoms with Gasteiger partial charge in [-0.1, -0.05) is 12.1 Å². The first kappa shape index (κ1) is 11.8. The first-order chi connectivity index (χ1) is 8.22. The molecule has 0 saturated heterocycles. The molecule has 17 heavy (non-hydrogen) atoms. The van der Waals surface area contributed by atoms with Gasteiger partial charge >= 0.3 is 5.97 Å². The Kier molecular flexibility index (Phi) is 3.22. The molecule has 1 aromatic carbocycles. The zero-order valence-electron chi connectivity index (χ0n) is 10.2. The van der Waals surface area contributed by atoms with Gasteiger partial charge in [0.25, 0.3) is 0 Å². The van der Waals surface area contributed by atoms with E-state index in [1.54, 1.807) is 7.11 Å². The van der Waals surface area contributed by atoms with E-state index in [4.69, 9.17) is 9.47 Å². The molecule has 0 aromatic heterocycles. The summed E-state index contributed by atoms with van der Waals surface area (Å²) in [5, 5.41) is 3.23. The van der Waals surface area contributed by atoms with Gasteiger partial charge in [-0.05, 0) is 31.9 Å². The Bertz CT molecular complexity index is 413. The molecular formula is C13H17NO3. The molecule has 1 fully saturated rings. The molecule has 0 atom stereocenters. The van der Waals surface area contributed by atoms with Crippen LogP contribution in [0.3, 0.4) is 0 Å². The van der Waals surface area contributed by atoms with Crippen LogP contribution < -0.4 is 10.1 Å². The highest BCUT2D eigenvalue weighted by Crippen LogP contribution is 2.42. The van der Waals surface area contributed by atoms with Crippen LogP contribution in [0.5, 0.6) is 5.75 Å². The number of hydrogen-bond donors (Lipinski definition) is 1. The third-order valence-corrected chi connectivity index (χ3v) is 2.90. The monoisotopic (exact) mass is 235 g/mol. The number of nitrogens with one attached hydrogen (secondary N) is 1. The van der Waals surface area contributed by atoms with E-state index >= 15 is 0 Å². The van der Waals surface area contributed by atoms with Crippen LogP contribution in [0.1, 0.15) is 19.8 Å². The second-order valence-corrected chi connectivity index (χ2v) is 4.13. The van der Waals surface area contributed by atoms with E-state index in [9.17, 15) is 4.79 Å². The van der Waals surface area contributed by atoms with E-state index in [2.05, 4.69) is 5.32 Å². The Morgan fingerprint density at radius 3 is 2.71 bits per heavy atom. The lowest BCUT2D eigenvalue weighted by molar-refractivity contribution is -0.145. The number of esters is 1. The molecule has 0 spiro atoms. The van der Waals surface area contributed by atoms with Gasteiger partial charge < -0.3 is 14.8 Å². The van der Waals surface area contributed by atoms with Gasteiger partial charge in [0.05, 0.1) is 19.4 Å². The zero-order valence-corrected chi connectivity index (χ0v) is 10.2. The van der Waals surface area contributed by atoms with Crippen molar-refractivity contribution in [3.8, 4) is 5.75 Å². The number of rotatable bonds is 5. The fourth-order valence-electron chi connectivity index (χ4n) is 1.78. The van der Waals surface area contributed by atoms with Gasteiger partial charge in [0.1, 0.15) is 11.3 Å². The Morgan fingerprint density at radius 1 is 1.41 bits per heavy atom. The number of methoxy groups -OCH3 is 1. The first-order valence-electron chi connectivity index (χ1n) is 5.80. The third kappa shape index (κ3) is 2.35. The van der Waals surface area contributed by atoms with E-state index in [-0.39, 0.29) is 5.97 Å². The van der Waals surface area contributed by atoms with Crippen LogP contribution in [0, 0.1) is 0 Å². The molecule has 1 N–H and O–H groups in total. The predicted molar refractivity (Wildman–Crippen MR) is 65.2 cm³/mol. The van der Waals surface area contributed by atoms with Crippen molar-refractivity contribution >= 4 is 11.7 Å². The average Bonchev–Trinajstić information content (AvgIpc) is 3.11. The summed E-state index contributed by atoms with van der Waals surface area (Å²) in [6, 6.07) is 7.57. The molecule has 0 amide bonds. The van der Waals surface area contributed by atoms with Crippen LogP contribution >= 0.6 is 0 Å². The van der Waals surface area contributed by atoms with Crippen molar-refractivity contribution in [3.05, 3.63) is 24.3 Å². The summed E-state index contributed by atoms with van der Waals surface area (Å²) in [4.78, 5) is 11.8. The van der Waals surface area contributed by atoms with Crippen LogP contribution in [0.2, 0.25) is 0 Å². The second kappa shape index (κ2) is 4.65. The Balaban J connectivity index is 2.13. The minimum atomic E-state index is -0.537. The van der Waals surface area contributed by atoms with Crippen molar-refractivity contribution in [2.24, 2.45) is 0 Å². The van der Waals surface area contributed by atoms with Crippen LogP contribution in [-0.2, 0) is 9.53 Å². The molecule has 2 rings (SSSR count). The maximum Gasteiger partial charge on any atom is 0.331 e. The second-order valence-electron chi connectivity index (χ2n) is 4.13. The molecule has 0 aliphatic heterocycles. The lowest BCUT2D eigenvalue weighted by atomic mass is 10.2. The topological polar surface area (TPSA) is 47.6 Å². The minimum Gasteiger partial charge on any atom is -0.495 e. The molecular weight excluding hydrogens is 218 g/mol. The Labute approximate surface area is 101 Å². The molecule has 1 aliphatic rings. The minimum absolute atomic E-state index is 0.175. The van der Waals surface area contributed by atoms with Gasteiger partial charge in [-0.25, -0.2) is 4.79 Å². The average molecular weight is 235 g/mol. The molecule has 0 unspecified atom stereocenters. The van der Waals surface area contributed by atoms with Crippen LogP contribution in [0.15, 0.2) is 24.3 Å². The molecule has 4 heteroatoms. The van der Waals surface area contributed by atoms with E-state index in [0.29, 0.717) is 6.61 Å². The summed E-state index contributed by atoms with van der Waals surface area (Å²) in [5.41, 5.74) is 0.297. The standard InChI is InChI=1S/C13H17NO3/c1-3-17-12(15)13(8-9-13)14-10-6-4-5-7-11(10)16-2/h4-7,14H,3,8-9H2,1-2H3. The number of benzene rings is 1. The molecule has 0 bridgehead atoms. The van der Waals surface area contributed by atoms with Crippen LogP contribution in [0.4, 0.5) is 5.69 Å².